The fourth-order valence-electron chi connectivity index (χ4n) is 1.07. The monoisotopic (exact) mass is 214 g/mol. The van der Waals surface area contributed by atoms with Crippen molar-refractivity contribution in [3.05, 3.63) is 29.6 Å². The summed E-state index contributed by atoms with van der Waals surface area (Å²) in [6, 6.07) is 4.42. The molecule has 0 unspecified atom stereocenters. The van der Waals surface area contributed by atoms with Gasteiger partial charge in [0.1, 0.15) is 5.82 Å². The first-order valence-electron chi connectivity index (χ1n) is 4.07. The molecule has 3 N–H and O–H groups in total. The smallest absolute Gasteiger partial charge is 0.234 e. The van der Waals surface area contributed by atoms with Crippen molar-refractivity contribution in [1.29, 1.82) is 0 Å². The lowest BCUT2D eigenvalue weighted by Gasteiger charge is -2.09. The molecule has 0 bridgehead atoms. The quantitative estimate of drug-likeness (QED) is 0.661. The predicted octanol–water partition coefficient (Wildman–Crippen LogP) is 1.15. The number of benzene rings is 1. The molecule has 0 aliphatic heterocycles. The molecule has 0 saturated carbocycles. The molecule has 1 amide bonds. The van der Waals surface area contributed by atoms with Crippen molar-refractivity contribution in [2.45, 2.75) is 6.54 Å². The molecule has 0 saturated heterocycles. The molecular weight excluding hydrogens is 203 g/mol. The molecule has 0 aromatic heterocycles. The predicted molar refractivity (Wildman–Crippen MR) is 56.8 cm³/mol. The first-order valence-corrected chi connectivity index (χ1v) is 4.70. The third-order valence-corrected chi connectivity index (χ3v) is 2.03. The van der Waals surface area contributed by atoms with E-state index in [2.05, 4.69) is 17.9 Å². The van der Waals surface area contributed by atoms with Gasteiger partial charge >= 0.3 is 0 Å². The van der Waals surface area contributed by atoms with Crippen molar-refractivity contribution in [2.75, 3.05) is 11.1 Å². The van der Waals surface area contributed by atoms with E-state index >= 15 is 0 Å². The van der Waals surface area contributed by atoms with Crippen LogP contribution in [0.25, 0.3) is 0 Å². The van der Waals surface area contributed by atoms with Crippen LogP contribution in [-0.4, -0.2) is 11.7 Å². The minimum absolute atomic E-state index is 0.0505. The van der Waals surface area contributed by atoms with Gasteiger partial charge in [0.25, 0.3) is 0 Å². The molecule has 0 radical (unpaired) electrons. The second kappa shape index (κ2) is 4.97. The van der Waals surface area contributed by atoms with E-state index in [-0.39, 0.29) is 18.2 Å². The molecule has 14 heavy (non-hydrogen) atoms. The van der Waals surface area contributed by atoms with Gasteiger partial charge in [0.05, 0.1) is 5.75 Å². The minimum atomic E-state index is -0.413. The summed E-state index contributed by atoms with van der Waals surface area (Å²) in [4.78, 5) is 11.0. The Morgan fingerprint density at radius 3 is 2.86 bits per heavy atom. The third-order valence-electron chi connectivity index (χ3n) is 1.74. The standard InChI is InChI=1S/C9H11FN2OS/c10-7-2-1-3-8(6(7)4-11)12-9(13)5-14/h1-3,14H,4-5,11H2,(H,12,13). The Kier molecular flexibility index (Phi) is 3.91. The summed E-state index contributed by atoms with van der Waals surface area (Å²) in [6.45, 7) is 0.0505. The van der Waals surface area contributed by atoms with Crippen molar-refractivity contribution >= 4 is 24.2 Å². The Bertz CT molecular complexity index is 344. The van der Waals surface area contributed by atoms with Gasteiger partial charge in [-0.1, -0.05) is 6.07 Å². The normalized spacial score (nSPS) is 9.93. The minimum Gasteiger partial charge on any atom is -0.326 e. The number of thiol groups is 1. The molecule has 0 heterocycles. The zero-order valence-electron chi connectivity index (χ0n) is 7.46. The zero-order valence-corrected chi connectivity index (χ0v) is 8.35. The van der Waals surface area contributed by atoms with Gasteiger partial charge in [0.15, 0.2) is 0 Å². The maximum Gasteiger partial charge on any atom is 0.234 e. The van der Waals surface area contributed by atoms with Crippen LogP contribution >= 0.6 is 12.6 Å². The first kappa shape index (κ1) is 11.0. The number of carbonyl (C=O) groups is 1. The highest BCUT2D eigenvalue weighted by atomic mass is 32.1. The maximum absolute atomic E-state index is 13.2. The van der Waals surface area contributed by atoms with Crippen LogP contribution < -0.4 is 11.1 Å². The third kappa shape index (κ3) is 2.46. The summed E-state index contributed by atoms with van der Waals surface area (Å²) >= 11 is 3.80. The van der Waals surface area contributed by atoms with E-state index in [9.17, 15) is 9.18 Å². The highest BCUT2D eigenvalue weighted by Crippen LogP contribution is 2.18. The van der Waals surface area contributed by atoms with Gasteiger partial charge < -0.3 is 11.1 Å². The van der Waals surface area contributed by atoms with E-state index in [4.69, 9.17) is 5.73 Å². The van der Waals surface area contributed by atoms with Gasteiger partial charge in [-0.3, -0.25) is 4.79 Å². The average Bonchev–Trinajstić information content (AvgIpc) is 2.18. The molecule has 0 spiro atoms. The molecule has 0 atom stereocenters. The fourth-order valence-corrected chi connectivity index (χ4v) is 1.15. The largest absolute Gasteiger partial charge is 0.326 e. The van der Waals surface area contributed by atoms with E-state index < -0.39 is 5.82 Å². The van der Waals surface area contributed by atoms with Gasteiger partial charge in [0, 0.05) is 17.8 Å². The topological polar surface area (TPSA) is 55.1 Å². The number of rotatable bonds is 3. The van der Waals surface area contributed by atoms with E-state index in [1.807, 2.05) is 0 Å². The van der Waals surface area contributed by atoms with Crippen molar-refractivity contribution in [1.82, 2.24) is 0 Å². The first-order chi connectivity index (χ1) is 6.69. The molecule has 0 fully saturated rings. The lowest BCUT2D eigenvalue weighted by Crippen LogP contribution is -2.15. The van der Waals surface area contributed by atoms with Crippen LogP contribution in [0.2, 0.25) is 0 Å². The molecule has 3 nitrogen and oxygen atoms in total. The highest BCUT2D eigenvalue weighted by Gasteiger charge is 2.08. The summed E-state index contributed by atoms with van der Waals surface area (Å²) in [6.07, 6.45) is 0. The fraction of sp³-hybridized carbons (Fsp3) is 0.222. The average molecular weight is 214 g/mol. The number of carbonyl (C=O) groups excluding carboxylic acids is 1. The summed E-state index contributed by atoms with van der Waals surface area (Å²) in [5, 5.41) is 2.52. The van der Waals surface area contributed by atoms with Crippen LogP contribution in [0.15, 0.2) is 18.2 Å². The zero-order chi connectivity index (χ0) is 10.6. The number of amides is 1. The van der Waals surface area contributed by atoms with Crippen molar-refractivity contribution in [2.24, 2.45) is 5.73 Å². The van der Waals surface area contributed by atoms with Gasteiger partial charge in [0.2, 0.25) is 5.91 Å². The molecule has 1 rings (SSSR count). The summed E-state index contributed by atoms with van der Waals surface area (Å²) in [5.74, 6) is -0.640. The Morgan fingerprint density at radius 1 is 1.57 bits per heavy atom. The second-order valence-corrected chi connectivity index (χ2v) is 2.99. The van der Waals surface area contributed by atoms with Gasteiger partial charge in [-0.05, 0) is 12.1 Å². The molecule has 5 heteroatoms. The number of nitrogens with two attached hydrogens (primary N) is 1. The van der Waals surface area contributed by atoms with E-state index in [0.29, 0.717) is 11.3 Å². The van der Waals surface area contributed by atoms with Crippen molar-refractivity contribution in [3.63, 3.8) is 0 Å². The molecular formula is C9H11FN2OS. The van der Waals surface area contributed by atoms with E-state index in [0.717, 1.165) is 0 Å². The SMILES string of the molecule is NCc1c(F)cccc1NC(=O)CS. The maximum atomic E-state index is 13.2. The number of hydrogen-bond acceptors (Lipinski definition) is 3. The van der Waals surface area contributed by atoms with Crippen LogP contribution in [-0.2, 0) is 11.3 Å². The number of nitrogens with one attached hydrogen (secondary N) is 1. The molecule has 1 aromatic carbocycles. The summed E-state index contributed by atoms with van der Waals surface area (Å²) < 4.78 is 13.2. The number of halogens is 1. The summed E-state index contributed by atoms with van der Waals surface area (Å²) in [7, 11) is 0. The van der Waals surface area contributed by atoms with Gasteiger partial charge in [-0.25, -0.2) is 4.39 Å². The second-order valence-electron chi connectivity index (χ2n) is 2.68. The van der Waals surface area contributed by atoms with Crippen LogP contribution in [0.1, 0.15) is 5.56 Å². The van der Waals surface area contributed by atoms with E-state index in [1.165, 1.54) is 12.1 Å². The van der Waals surface area contributed by atoms with E-state index in [1.54, 1.807) is 6.07 Å². The molecule has 1 aromatic rings. The van der Waals surface area contributed by atoms with Crippen LogP contribution in [0, 0.1) is 5.82 Å². The Morgan fingerprint density at radius 2 is 2.29 bits per heavy atom. The summed E-state index contributed by atoms with van der Waals surface area (Å²) in [5.41, 5.74) is 6.08. The Hall–Kier alpha value is -1.07. The number of hydrogen-bond donors (Lipinski definition) is 3. The lowest BCUT2D eigenvalue weighted by molar-refractivity contribution is -0.113. The molecule has 0 aliphatic rings. The van der Waals surface area contributed by atoms with Crippen LogP contribution in [0.3, 0.4) is 0 Å². The Balaban J connectivity index is 2.96. The van der Waals surface area contributed by atoms with Crippen molar-refractivity contribution < 1.29 is 9.18 Å². The molecule has 0 aliphatic carbocycles. The van der Waals surface area contributed by atoms with Crippen molar-refractivity contribution in [3.8, 4) is 0 Å². The Labute approximate surface area is 86.9 Å². The lowest BCUT2D eigenvalue weighted by atomic mass is 10.1. The van der Waals surface area contributed by atoms with Crippen LogP contribution in [0.5, 0.6) is 0 Å². The molecule has 76 valence electrons. The van der Waals surface area contributed by atoms with Gasteiger partial charge in [-0.15, -0.1) is 0 Å². The highest BCUT2D eigenvalue weighted by molar-refractivity contribution is 7.81. The van der Waals surface area contributed by atoms with Gasteiger partial charge in [-0.2, -0.15) is 12.6 Å². The number of anilines is 1. The van der Waals surface area contributed by atoms with Crippen LogP contribution in [0.4, 0.5) is 10.1 Å².